The molecule has 3 rings (SSSR count). The smallest absolute Gasteiger partial charge is 0.340 e. The SMILES string of the molecule is CCOC(=O)c1ccccc1NC(=O)Cn1c(C)nc2ccccc21. The van der Waals surface area contributed by atoms with Gasteiger partial charge in [-0.25, -0.2) is 9.78 Å². The Kier molecular flexibility index (Phi) is 4.79. The monoisotopic (exact) mass is 337 g/mol. The molecule has 0 aliphatic heterocycles. The number of aryl methyl sites for hydroxylation is 1. The number of nitrogens with one attached hydrogen (secondary N) is 1. The largest absolute Gasteiger partial charge is 0.462 e. The molecule has 0 atom stereocenters. The van der Waals surface area contributed by atoms with Crippen LogP contribution in [-0.2, 0) is 16.1 Å². The molecule has 25 heavy (non-hydrogen) atoms. The van der Waals surface area contributed by atoms with Crippen molar-refractivity contribution in [2.45, 2.75) is 20.4 Å². The quantitative estimate of drug-likeness (QED) is 0.726. The van der Waals surface area contributed by atoms with Gasteiger partial charge in [-0.05, 0) is 38.1 Å². The van der Waals surface area contributed by atoms with Crippen LogP contribution in [0.15, 0.2) is 48.5 Å². The molecule has 0 fully saturated rings. The maximum absolute atomic E-state index is 12.5. The highest BCUT2D eigenvalue weighted by Crippen LogP contribution is 2.18. The van der Waals surface area contributed by atoms with E-state index in [1.165, 1.54) is 0 Å². The van der Waals surface area contributed by atoms with Gasteiger partial charge >= 0.3 is 5.97 Å². The highest BCUT2D eigenvalue weighted by molar-refractivity contribution is 6.01. The third kappa shape index (κ3) is 3.52. The average molecular weight is 337 g/mol. The summed E-state index contributed by atoms with van der Waals surface area (Å²) in [6.45, 7) is 4.00. The number of carbonyl (C=O) groups excluding carboxylic acids is 2. The van der Waals surface area contributed by atoms with Crippen molar-refractivity contribution in [2.24, 2.45) is 0 Å². The lowest BCUT2D eigenvalue weighted by Gasteiger charge is -2.11. The second kappa shape index (κ2) is 7.17. The van der Waals surface area contributed by atoms with E-state index < -0.39 is 5.97 Å². The molecule has 2 aromatic carbocycles. The van der Waals surface area contributed by atoms with E-state index in [-0.39, 0.29) is 19.1 Å². The Morgan fingerprint density at radius 1 is 1.12 bits per heavy atom. The van der Waals surface area contributed by atoms with Crippen molar-refractivity contribution in [1.29, 1.82) is 0 Å². The van der Waals surface area contributed by atoms with E-state index in [4.69, 9.17) is 4.74 Å². The third-order valence-electron chi connectivity index (χ3n) is 3.84. The molecule has 0 aliphatic carbocycles. The summed E-state index contributed by atoms with van der Waals surface area (Å²) >= 11 is 0. The van der Waals surface area contributed by atoms with Gasteiger partial charge in [-0.3, -0.25) is 4.79 Å². The molecule has 0 spiro atoms. The molecule has 0 saturated heterocycles. The van der Waals surface area contributed by atoms with Crippen LogP contribution in [0.4, 0.5) is 5.69 Å². The first-order valence-corrected chi connectivity index (χ1v) is 8.08. The van der Waals surface area contributed by atoms with Crippen LogP contribution >= 0.6 is 0 Å². The molecule has 3 aromatic rings. The van der Waals surface area contributed by atoms with Gasteiger partial charge in [0.2, 0.25) is 5.91 Å². The van der Waals surface area contributed by atoms with Crippen LogP contribution < -0.4 is 5.32 Å². The van der Waals surface area contributed by atoms with Gasteiger partial charge in [0, 0.05) is 0 Å². The van der Waals surface area contributed by atoms with Gasteiger partial charge in [-0.1, -0.05) is 24.3 Å². The Morgan fingerprint density at radius 3 is 2.64 bits per heavy atom. The summed E-state index contributed by atoms with van der Waals surface area (Å²) in [7, 11) is 0. The van der Waals surface area contributed by atoms with Gasteiger partial charge in [0.1, 0.15) is 12.4 Å². The summed E-state index contributed by atoms with van der Waals surface area (Å²) in [5.74, 6) is 0.0701. The summed E-state index contributed by atoms with van der Waals surface area (Å²) in [6.07, 6.45) is 0. The number of rotatable bonds is 5. The Hall–Kier alpha value is -3.15. The van der Waals surface area contributed by atoms with Crippen molar-refractivity contribution in [3.8, 4) is 0 Å². The normalized spacial score (nSPS) is 10.6. The molecule has 0 bridgehead atoms. The second-order valence-electron chi connectivity index (χ2n) is 5.55. The van der Waals surface area contributed by atoms with Crippen molar-refractivity contribution in [3.63, 3.8) is 0 Å². The number of hydrogen-bond donors (Lipinski definition) is 1. The molecule has 0 unspecified atom stereocenters. The van der Waals surface area contributed by atoms with Crippen molar-refractivity contribution < 1.29 is 14.3 Å². The number of benzene rings is 2. The van der Waals surface area contributed by atoms with E-state index in [0.29, 0.717) is 11.3 Å². The number of carbonyl (C=O) groups is 2. The van der Waals surface area contributed by atoms with Crippen LogP contribution in [-0.4, -0.2) is 28.0 Å². The molecule has 1 N–H and O–H groups in total. The van der Waals surface area contributed by atoms with Crippen molar-refractivity contribution in [2.75, 3.05) is 11.9 Å². The number of ether oxygens (including phenoxy) is 1. The molecule has 1 aromatic heterocycles. The van der Waals surface area contributed by atoms with Crippen LogP contribution in [0.3, 0.4) is 0 Å². The first-order chi connectivity index (χ1) is 12.1. The number of amides is 1. The molecular formula is C19H19N3O3. The maximum atomic E-state index is 12.5. The number of aromatic nitrogens is 2. The van der Waals surface area contributed by atoms with Crippen molar-refractivity contribution >= 4 is 28.6 Å². The van der Waals surface area contributed by atoms with E-state index in [0.717, 1.165) is 16.9 Å². The van der Waals surface area contributed by atoms with Gasteiger partial charge in [0.25, 0.3) is 0 Å². The molecule has 6 heteroatoms. The number of fused-ring (bicyclic) bond motifs is 1. The fourth-order valence-electron chi connectivity index (χ4n) is 2.71. The number of imidazole rings is 1. The average Bonchev–Trinajstić information content (AvgIpc) is 2.91. The lowest BCUT2D eigenvalue weighted by Crippen LogP contribution is -2.21. The highest BCUT2D eigenvalue weighted by atomic mass is 16.5. The standard InChI is InChI=1S/C19H19N3O3/c1-3-25-19(24)14-8-4-5-9-15(14)21-18(23)12-22-13(2)20-16-10-6-7-11-17(16)22/h4-11H,3,12H2,1-2H3,(H,21,23). The molecular weight excluding hydrogens is 318 g/mol. The number of nitrogens with zero attached hydrogens (tertiary/aromatic N) is 2. The van der Waals surface area contributed by atoms with Crippen LogP contribution in [0.1, 0.15) is 23.1 Å². The minimum atomic E-state index is -0.456. The zero-order valence-electron chi connectivity index (χ0n) is 14.2. The van der Waals surface area contributed by atoms with Crippen LogP contribution in [0.5, 0.6) is 0 Å². The van der Waals surface area contributed by atoms with E-state index in [1.54, 1.807) is 31.2 Å². The Balaban J connectivity index is 1.81. The summed E-state index contributed by atoms with van der Waals surface area (Å²) in [4.78, 5) is 29.0. The number of para-hydroxylation sites is 3. The Bertz CT molecular complexity index is 931. The second-order valence-corrected chi connectivity index (χ2v) is 5.55. The van der Waals surface area contributed by atoms with E-state index >= 15 is 0 Å². The van der Waals surface area contributed by atoms with Crippen LogP contribution in [0, 0.1) is 6.92 Å². The molecule has 0 radical (unpaired) electrons. The van der Waals surface area contributed by atoms with Gasteiger partial charge in [0.15, 0.2) is 0 Å². The van der Waals surface area contributed by atoms with Crippen molar-refractivity contribution in [3.05, 3.63) is 59.9 Å². The minimum Gasteiger partial charge on any atom is -0.462 e. The lowest BCUT2D eigenvalue weighted by molar-refractivity contribution is -0.116. The molecule has 0 aliphatic rings. The molecule has 1 amide bonds. The van der Waals surface area contributed by atoms with Gasteiger partial charge in [-0.2, -0.15) is 0 Å². The van der Waals surface area contributed by atoms with E-state index in [1.807, 2.05) is 35.8 Å². The zero-order chi connectivity index (χ0) is 17.8. The van der Waals surface area contributed by atoms with Crippen LogP contribution in [0.25, 0.3) is 11.0 Å². The molecule has 6 nitrogen and oxygen atoms in total. The highest BCUT2D eigenvalue weighted by Gasteiger charge is 2.15. The molecule has 128 valence electrons. The first kappa shape index (κ1) is 16.7. The topological polar surface area (TPSA) is 73.2 Å². The third-order valence-corrected chi connectivity index (χ3v) is 3.84. The predicted octanol–water partition coefficient (Wildman–Crippen LogP) is 3.16. The summed E-state index contributed by atoms with van der Waals surface area (Å²) in [5, 5.41) is 2.79. The Labute approximate surface area is 145 Å². The molecule has 0 saturated carbocycles. The minimum absolute atomic E-state index is 0.115. The first-order valence-electron chi connectivity index (χ1n) is 8.08. The predicted molar refractivity (Wildman–Crippen MR) is 95.5 cm³/mol. The fourth-order valence-corrected chi connectivity index (χ4v) is 2.71. The van der Waals surface area contributed by atoms with Crippen LogP contribution in [0.2, 0.25) is 0 Å². The number of esters is 1. The van der Waals surface area contributed by atoms with Gasteiger partial charge < -0.3 is 14.6 Å². The van der Waals surface area contributed by atoms with E-state index in [2.05, 4.69) is 10.3 Å². The van der Waals surface area contributed by atoms with Gasteiger partial charge in [-0.15, -0.1) is 0 Å². The number of anilines is 1. The maximum Gasteiger partial charge on any atom is 0.340 e. The summed E-state index contributed by atoms with van der Waals surface area (Å²) < 4.78 is 6.87. The number of hydrogen-bond acceptors (Lipinski definition) is 4. The Morgan fingerprint density at radius 2 is 1.84 bits per heavy atom. The molecule has 1 heterocycles. The van der Waals surface area contributed by atoms with Crippen molar-refractivity contribution in [1.82, 2.24) is 9.55 Å². The fraction of sp³-hybridized carbons (Fsp3) is 0.211. The zero-order valence-corrected chi connectivity index (χ0v) is 14.2. The summed E-state index contributed by atoms with van der Waals surface area (Å²) in [6, 6.07) is 14.5. The lowest BCUT2D eigenvalue weighted by atomic mass is 10.2. The van der Waals surface area contributed by atoms with E-state index in [9.17, 15) is 9.59 Å². The van der Waals surface area contributed by atoms with Gasteiger partial charge in [0.05, 0.1) is 28.9 Å². The summed E-state index contributed by atoms with van der Waals surface area (Å²) in [5.41, 5.74) is 2.52.